The van der Waals surface area contributed by atoms with Crippen molar-refractivity contribution in [1.82, 2.24) is 10.4 Å². The summed E-state index contributed by atoms with van der Waals surface area (Å²) >= 11 is 0. The van der Waals surface area contributed by atoms with Crippen LogP contribution in [0.5, 0.6) is 0 Å². The molecule has 74 valence electrons. The van der Waals surface area contributed by atoms with Crippen LogP contribution in [-0.2, 0) is 6.54 Å². The first-order valence-corrected chi connectivity index (χ1v) is 4.63. The van der Waals surface area contributed by atoms with Crippen molar-refractivity contribution in [2.75, 3.05) is 14.1 Å². The molecular weight excluding hydrogens is 176 g/mol. The van der Waals surface area contributed by atoms with Crippen LogP contribution in [0.3, 0.4) is 0 Å². The lowest BCUT2D eigenvalue weighted by atomic mass is 10.2. The highest BCUT2D eigenvalue weighted by atomic mass is 16.3. The van der Waals surface area contributed by atoms with E-state index in [0.717, 1.165) is 12.1 Å². The van der Waals surface area contributed by atoms with E-state index in [-0.39, 0.29) is 0 Å². The molecule has 3 nitrogen and oxygen atoms in total. The van der Waals surface area contributed by atoms with Crippen molar-refractivity contribution in [1.29, 1.82) is 0 Å². The lowest BCUT2D eigenvalue weighted by Gasteiger charge is -2.10. The number of fused-ring (bicyclic) bond motifs is 1. The molecule has 0 bridgehead atoms. The summed E-state index contributed by atoms with van der Waals surface area (Å²) in [6, 6.07) is 8.06. The van der Waals surface area contributed by atoms with E-state index < -0.39 is 0 Å². The van der Waals surface area contributed by atoms with Gasteiger partial charge in [0.25, 0.3) is 0 Å². The van der Waals surface area contributed by atoms with E-state index in [2.05, 4.69) is 11.5 Å². The smallest absolute Gasteiger partial charge is 0.134 e. The van der Waals surface area contributed by atoms with Crippen LogP contribution in [0.1, 0.15) is 5.56 Å². The highest BCUT2D eigenvalue weighted by Gasteiger charge is 2.03. The number of rotatable bonds is 3. The maximum atomic E-state index is 5.42. The molecule has 2 aromatic rings. The molecule has 0 aliphatic heterocycles. The summed E-state index contributed by atoms with van der Waals surface area (Å²) in [6.07, 6.45) is 1.81. The van der Waals surface area contributed by atoms with Gasteiger partial charge in [-0.1, -0.05) is 18.2 Å². The van der Waals surface area contributed by atoms with Crippen LogP contribution >= 0.6 is 0 Å². The molecule has 1 aromatic carbocycles. The average molecular weight is 190 g/mol. The fourth-order valence-corrected chi connectivity index (χ4v) is 1.41. The molecule has 3 heteroatoms. The number of furan rings is 1. The van der Waals surface area contributed by atoms with Crippen molar-refractivity contribution in [2.45, 2.75) is 6.54 Å². The molecule has 1 N–H and O–H groups in total. The third-order valence-electron chi connectivity index (χ3n) is 2.15. The summed E-state index contributed by atoms with van der Waals surface area (Å²) in [5.41, 5.74) is 5.35. The van der Waals surface area contributed by atoms with E-state index in [9.17, 15) is 0 Å². The van der Waals surface area contributed by atoms with Gasteiger partial charge in [0.15, 0.2) is 0 Å². The molecule has 0 fully saturated rings. The molecule has 0 aliphatic rings. The highest BCUT2D eigenvalue weighted by molar-refractivity contribution is 5.80. The first kappa shape index (κ1) is 9.24. The van der Waals surface area contributed by atoms with Crippen LogP contribution < -0.4 is 5.43 Å². The molecule has 0 saturated heterocycles. The fraction of sp³-hybridized carbons (Fsp3) is 0.273. The number of hydrogen-bond acceptors (Lipinski definition) is 3. The number of para-hydroxylation sites is 1. The highest BCUT2D eigenvalue weighted by Crippen LogP contribution is 2.20. The molecule has 1 heterocycles. The Bertz CT molecular complexity index is 420. The molecule has 0 saturated carbocycles. The van der Waals surface area contributed by atoms with Gasteiger partial charge in [-0.25, -0.2) is 0 Å². The van der Waals surface area contributed by atoms with Gasteiger partial charge < -0.3 is 4.42 Å². The van der Waals surface area contributed by atoms with E-state index in [1.54, 1.807) is 6.26 Å². The standard InChI is InChI=1S/C11H14N2O/c1-13(2)12-7-9-8-14-11-6-4-3-5-10(9)11/h3-6,8,12H,7H2,1-2H3. The molecule has 0 aliphatic carbocycles. The first-order valence-electron chi connectivity index (χ1n) is 4.63. The average Bonchev–Trinajstić information content (AvgIpc) is 2.58. The summed E-state index contributed by atoms with van der Waals surface area (Å²) in [5, 5.41) is 3.11. The second-order valence-corrected chi connectivity index (χ2v) is 3.49. The topological polar surface area (TPSA) is 28.4 Å². The van der Waals surface area contributed by atoms with Gasteiger partial charge in [-0.3, -0.25) is 10.4 Å². The fourth-order valence-electron chi connectivity index (χ4n) is 1.41. The Morgan fingerprint density at radius 3 is 2.86 bits per heavy atom. The van der Waals surface area contributed by atoms with E-state index in [0.29, 0.717) is 0 Å². The van der Waals surface area contributed by atoms with Crippen LogP contribution in [0.2, 0.25) is 0 Å². The van der Waals surface area contributed by atoms with E-state index in [1.807, 2.05) is 37.3 Å². The molecular formula is C11H14N2O. The quantitative estimate of drug-likeness (QED) is 0.750. The van der Waals surface area contributed by atoms with E-state index in [1.165, 1.54) is 10.9 Å². The van der Waals surface area contributed by atoms with Gasteiger partial charge in [-0.15, -0.1) is 0 Å². The molecule has 2 rings (SSSR count). The molecule has 1 aromatic heterocycles. The van der Waals surface area contributed by atoms with Gasteiger partial charge in [0.1, 0.15) is 5.58 Å². The third-order valence-corrected chi connectivity index (χ3v) is 2.15. The van der Waals surface area contributed by atoms with Crippen molar-refractivity contribution < 1.29 is 4.42 Å². The Hall–Kier alpha value is -1.32. The third kappa shape index (κ3) is 1.78. The zero-order chi connectivity index (χ0) is 9.97. The first-order chi connectivity index (χ1) is 6.77. The minimum atomic E-state index is 0.796. The monoisotopic (exact) mass is 190 g/mol. The Morgan fingerprint density at radius 2 is 2.07 bits per heavy atom. The number of hydrogen-bond donors (Lipinski definition) is 1. The SMILES string of the molecule is CN(C)NCc1coc2ccccc12. The predicted octanol–water partition coefficient (Wildman–Crippen LogP) is 2.00. The second kappa shape index (κ2) is 3.82. The van der Waals surface area contributed by atoms with Crippen molar-refractivity contribution in [3.05, 3.63) is 36.1 Å². The molecule has 14 heavy (non-hydrogen) atoms. The summed E-state index contributed by atoms with van der Waals surface area (Å²) in [6.45, 7) is 0.796. The zero-order valence-electron chi connectivity index (χ0n) is 8.45. The van der Waals surface area contributed by atoms with Crippen LogP contribution in [0.25, 0.3) is 11.0 Å². The van der Waals surface area contributed by atoms with Crippen LogP contribution in [0.15, 0.2) is 34.9 Å². The lowest BCUT2D eigenvalue weighted by Crippen LogP contribution is -2.29. The predicted molar refractivity (Wildman–Crippen MR) is 56.7 cm³/mol. The minimum absolute atomic E-state index is 0.796. The summed E-state index contributed by atoms with van der Waals surface area (Å²) in [4.78, 5) is 0. The van der Waals surface area contributed by atoms with Gasteiger partial charge in [0.2, 0.25) is 0 Å². The normalized spacial score (nSPS) is 11.4. The Kier molecular flexibility index (Phi) is 2.52. The summed E-state index contributed by atoms with van der Waals surface area (Å²) in [7, 11) is 3.95. The van der Waals surface area contributed by atoms with Crippen molar-refractivity contribution in [2.24, 2.45) is 0 Å². The van der Waals surface area contributed by atoms with Crippen LogP contribution in [-0.4, -0.2) is 19.1 Å². The molecule has 0 radical (unpaired) electrons. The number of benzene rings is 1. The molecule has 0 unspecified atom stereocenters. The Balaban J connectivity index is 2.25. The van der Waals surface area contributed by atoms with Crippen molar-refractivity contribution in [3.8, 4) is 0 Å². The minimum Gasteiger partial charge on any atom is -0.464 e. The zero-order valence-corrected chi connectivity index (χ0v) is 8.45. The van der Waals surface area contributed by atoms with Crippen LogP contribution in [0, 0.1) is 0 Å². The molecule has 0 amide bonds. The largest absolute Gasteiger partial charge is 0.464 e. The maximum Gasteiger partial charge on any atom is 0.134 e. The summed E-state index contributed by atoms with van der Waals surface area (Å²) in [5.74, 6) is 0. The maximum absolute atomic E-state index is 5.42. The molecule has 0 spiro atoms. The molecule has 0 atom stereocenters. The Labute approximate surface area is 83.3 Å². The number of hydrazine groups is 1. The van der Waals surface area contributed by atoms with Gasteiger partial charge in [-0.2, -0.15) is 0 Å². The Morgan fingerprint density at radius 1 is 1.29 bits per heavy atom. The van der Waals surface area contributed by atoms with E-state index >= 15 is 0 Å². The van der Waals surface area contributed by atoms with Crippen molar-refractivity contribution in [3.63, 3.8) is 0 Å². The lowest BCUT2D eigenvalue weighted by molar-refractivity contribution is 0.286. The number of nitrogens with zero attached hydrogens (tertiary/aromatic N) is 1. The van der Waals surface area contributed by atoms with Gasteiger partial charge in [-0.05, 0) is 6.07 Å². The van der Waals surface area contributed by atoms with Gasteiger partial charge >= 0.3 is 0 Å². The van der Waals surface area contributed by atoms with E-state index in [4.69, 9.17) is 4.42 Å². The van der Waals surface area contributed by atoms with Gasteiger partial charge in [0, 0.05) is 31.6 Å². The van der Waals surface area contributed by atoms with Crippen LogP contribution in [0.4, 0.5) is 0 Å². The van der Waals surface area contributed by atoms with Crippen molar-refractivity contribution >= 4 is 11.0 Å². The second-order valence-electron chi connectivity index (χ2n) is 3.49. The van der Waals surface area contributed by atoms with Gasteiger partial charge in [0.05, 0.1) is 6.26 Å². The summed E-state index contributed by atoms with van der Waals surface area (Å²) < 4.78 is 5.42. The number of nitrogens with one attached hydrogen (secondary N) is 1.